The smallest absolute Gasteiger partial charge is 0.248 e. The Morgan fingerprint density at radius 2 is 1.85 bits per heavy atom. The van der Waals surface area contributed by atoms with Gasteiger partial charge in [0.2, 0.25) is 17.7 Å². The van der Waals surface area contributed by atoms with Gasteiger partial charge in [-0.15, -0.1) is 0 Å². The van der Waals surface area contributed by atoms with E-state index in [1.54, 1.807) is 18.3 Å². The number of hydrogen-bond acceptors (Lipinski definition) is 8. The van der Waals surface area contributed by atoms with Crippen molar-refractivity contribution in [1.29, 1.82) is 0 Å². The molecule has 2 heterocycles. The number of amides is 1. The van der Waals surface area contributed by atoms with Crippen LogP contribution in [0, 0.1) is 0 Å². The van der Waals surface area contributed by atoms with E-state index in [1.165, 1.54) is 11.8 Å². The van der Waals surface area contributed by atoms with Crippen molar-refractivity contribution in [2.75, 3.05) is 38.1 Å². The molecule has 1 fully saturated rings. The van der Waals surface area contributed by atoms with Crippen molar-refractivity contribution in [3.63, 3.8) is 0 Å². The Kier molecular flexibility index (Phi) is 7.43. The first-order valence-corrected chi connectivity index (χ1v) is 11.5. The highest BCUT2D eigenvalue weighted by atomic mass is 32.2. The van der Waals surface area contributed by atoms with E-state index in [-0.39, 0.29) is 6.61 Å². The van der Waals surface area contributed by atoms with Gasteiger partial charge in [-0.2, -0.15) is 4.98 Å². The number of rotatable bonds is 8. The number of aliphatic hydroxyl groups excluding tert-OH is 1. The van der Waals surface area contributed by atoms with Crippen LogP contribution < -0.4 is 15.4 Å². The quantitative estimate of drug-likeness (QED) is 0.523. The lowest BCUT2D eigenvalue weighted by atomic mass is 10.1. The van der Waals surface area contributed by atoms with Crippen molar-refractivity contribution in [2.24, 2.45) is 5.73 Å². The van der Waals surface area contributed by atoms with E-state index in [9.17, 15) is 9.90 Å². The number of piperazine rings is 1. The van der Waals surface area contributed by atoms with Gasteiger partial charge in [-0.3, -0.25) is 4.79 Å². The van der Waals surface area contributed by atoms with Crippen molar-refractivity contribution in [3.05, 3.63) is 71.4 Å². The summed E-state index contributed by atoms with van der Waals surface area (Å²) in [5, 5.41) is 9.41. The Morgan fingerprint density at radius 3 is 2.55 bits per heavy atom. The zero-order valence-corrected chi connectivity index (χ0v) is 19.3. The lowest BCUT2D eigenvalue weighted by Gasteiger charge is -2.32. The summed E-state index contributed by atoms with van der Waals surface area (Å²) in [5.74, 6) is 0.688. The summed E-state index contributed by atoms with van der Waals surface area (Å²) in [6.45, 7) is 3.93. The molecule has 8 nitrogen and oxygen atoms in total. The number of ether oxygens (including phenoxy) is 1. The number of hydrogen-bond donors (Lipinski definition) is 2. The summed E-state index contributed by atoms with van der Waals surface area (Å²) in [5.41, 5.74) is 7.58. The summed E-state index contributed by atoms with van der Waals surface area (Å²) >= 11 is 1.46. The fourth-order valence-corrected chi connectivity index (χ4v) is 4.29. The third kappa shape index (κ3) is 6.01. The monoisotopic (exact) mass is 465 g/mol. The number of primary amides is 1. The minimum Gasteiger partial charge on any atom is -0.472 e. The van der Waals surface area contributed by atoms with Crippen LogP contribution in [0.3, 0.4) is 0 Å². The number of benzene rings is 2. The van der Waals surface area contributed by atoms with Gasteiger partial charge in [-0.05, 0) is 42.4 Å². The first-order chi connectivity index (χ1) is 16.0. The molecule has 3 N–H and O–H groups in total. The SMILES string of the molecule is CN1CCN(c2ncc(Sc3ccc(C(N)=O)cc3)c(OCc3cccc(CO)c3)n2)CC1. The highest BCUT2D eigenvalue weighted by Crippen LogP contribution is 2.35. The highest BCUT2D eigenvalue weighted by Gasteiger charge is 2.19. The second-order valence-electron chi connectivity index (χ2n) is 7.89. The molecule has 1 amide bonds. The van der Waals surface area contributed by atoms with E-state index in [0.717, 1.165) is 47.1 Å². The molecule has 0 bridgehead atoms. The van der Waals surface area contributed by atoms with Crippen LogP contribution >= 0.6 is 11.8 Å². The maximum Gasteiger partial charge on any atom is 0.248 e. The molecule has 3 aromatic rings. The van der Waals surface area contributed by atoms with Crippen molar-refractivity contribution in [3.8, 4) is 5.88 Å². The molecule has 1 saturated heterocycles. The Morgan fingerprint density at radius 1 is 1.12 bits per heavy atom. The standard InChI is InChI=1S/C24H27N5O3S/c1-28-9-11-29(12-10-28)24-26-14-21(33-20-7-5-19(6-8-20)22(25)31)23(27-24)32-16-18-4-2-3-17(13-18)15-30/h2-8,13-14,30H,9-12,15-16H2,1H3,(H2,25,31). The molecule has 0 spiro atoms. The van der Waals surface area contributed by atoms with Gasteiger partial charge in [0.05, 0.1) is 17.7 Å². The normalized spacial score (nSPS) is 14.3. The molecule has 1 aromatic heterocycles. The predicted molar refractivity (Wildman–Crippen MR) is 128 cm³/mol. The van der Waals surface area contributed by atoms with E-state index in [4.69, 9.17) is 15.5 Å². The van der Waals surface area contributed by atoms with Crippen LogP contribution in [-0.2, 0) is 13.2 Å². The van der Waals surface area contributed by atoms with E-state index in [2.05, 4.69) is 21.8 Å². The van der Waals surface area contributed by atoms with Gasteiger partial charge in [0.1, 0.15) is 6.61 Å². The largest absolute Gasteiger partial charge is 0.472 e. The summed E-state index contributed by atoms with van der Waals surface area (Å²) in [4.78, 5) is 26.8. The third-order valence-corrected chi connectivity index (χ3v) is 6.42. The van der Waals surface area contributed by atoms with E-state index < -0.39 is 5.91 Å². The maximum atomic E-state index is 11.4. The zero-order valence-electron chi connectivity index (χ0n) is 18.5. The molecular weight excluding hydrogens is 438 g/mol. The van der Waals surface area contributed by atoms with Gasteiger partial charge in [0.25, 0.3) is 0 Å². The van der Waals surface area contributed by atoms with Crippen molar-refractivity contribution in [1.82, 2.24) is 14.9 Å². The first-order valence-electron chi connectivity index (χ1n) is 10.7. The molecule has 2 aromatic carbocycles. The molecule has 0 unspecified atom stereocenters. The van der Waals surface area contributed by atoms with Gasteiger partial charge in [0, 0.05) is 36.6 Å². The van der Waals surface area contributed by atoms with Gasteiger partial charge in [-0.1, -0.05) is 36.0 Å². The minimum absolute atomic E-state index is 0.0166. The molecule has 0 saturated carbocycles. The summed E-state index contributed by atoms with van der Waals surface area (Å²) in [7, 11) is 2.11. The van der Waals surface area contributed by atoms with Gasteiger partial charge in [-0.25, -0.2) is 4.98 Å². The molecule has 4 rings (SSSR count). The molecule has 0 aliphatic carbocycles. The molecule has 0 radical (unpaired) electrons. The first kappa shape index (κ1) is 23.0. The van der Waals surface area contributed by atoms with Gasteiger partial charge < -0.3 is 25.4 Å². The second kappa shape index (κ2) is 10.7. The molecule has 33 heavy (non-hydrogen) atoms. The Bertz CT molecular complexity index is 1100. The van der Waals surface area contributed by atoms with Gasteiger partial charge >= 0.3 is 0 Å². The van der Waals surface area contributed by atoms with Crippen LogP contribution in [0.15, 0.2) is 64.5 Å². The molecule has 1 aliphatic heterocycles. The average Bonchev–Trinajstić information content (AvgIpc) is 2.84. The van der Waals surface area contributed by atoms with Crippen LogP contribution in [0.25, 0.3) is 0 Å². The third-order valence-electron chi connectivity index (χ3n) is 5.41. The highest BCUT2D eigenvalue weighted by molar-refractivity contribution is 7.99. The number of nitrogens with zero attached hydrogens (tertiary/aromatic N) is 4. The van der Waals surface area contributed by atoms with Crippen molar-refractivity contribution < 1.29 is 14.6 Å². The lowest BCUT2D eigenvalue weighted by molar-refractivity contribution is 0.1000. The number of anilines is 1. The summed E-state index contributed by atoms with van der Waals surface area (Å²) < 4.78 is 6.14. The Hall–Kier alpha value is -3.14. The molecule has 1 aliphatic rings. The lowest BCUT2D eigenvalue weighted by Crippen LogP contribution is -2.45. The fraction of sp³-hybridized carbons (Fsp3) is 0.292. The van der Waals surface area contributed by atoms with Crippen molar-refractivity contribution >= 4 is 23.6 Å². The number of nitrogens with two attached hydrogens (primary N) is 1. The predicted octanol–water partition coefficient (Wildman–Crippen LogP) is 2.55. The van der Waals surface area contributed by atoms with E-state index >= 15 is 0 Å². The van der Waals surface area contributed by atoms with Crippen LogP contribution in [0.1, 0.15) is 21.5 Å². The topological polar surface area (TPSA) is 105 Å². The Balaban J connectivity index is 1.57. The number of carbonyl (C=O) groups is 1. The zero-order chi connectivity index (χ0) is 23.2. The molecular formula is C24H27N5O3S. The number of aliphatic hydroxyl groups is 1. The van der Waals surface area contributed by atoms with Crippen LogP contribution in [-0.4, -0.2) is 59.1 Å². The number of aromatic nitrogens is 2. The van der Waals surface area contributed by atoms with Crippen LogP contribution in [0.2, 0.25) is 0 Å². The van der Waals surface area contributed by atoms with Crippen LogP contribution in [0.5, 0.6) is 5.88 Å². The summed E-state index contributed by atoms with van der Waals surface area (Å²) in [6, 6.07) is 14.7. The fourth-order valence-electron chi connectivity index (χ4n) is 3.46. The number of likely N-dealkylation sites (N-methyl/N-ethyl adjacent to an activating group) is 1. The van der Waals surface area contributed by atoms with E-state index in [0.29, 0.717) is 24.0 Å². The molecule has 9 heteroatoms. The van der Waals surface area contributed by atoms with Crippen molar-refractivity contribution in [2.45, 2.75) is 23.0 Å². The minimum atomic E-state index is -0.458. The number of carbonyl (C=O) groups excluding carboxylic acids is 1. The second-order valence-corrected chi connectivity index (χ2v) is 9.00. The molecule has 0 atom stereocenters. The average molecular weight is 466 g/mol. The van der Waals surface area contributed by atoms with Gasteiger partial charge in [0.15, 0.2) is 0 Å². The van der Waals surface area contributed by atoms with Crippen LogP contribution in [0.4, 0.5) is 5.95 Å². The molecule has 172 valence electrons. The summed E-state index contributed by atoms with van der Waals surface area (Å²) in [6.07, 6.45) is 1.78. The Labute approximate surface area is 197 Å². The maximum absolute atomic E-state index is 11.4. The van der Waals surface area contributed by atoms with E-state index in [1.807, 2.05) is 36.4 Å².